The smallest absolute Gasteiger partial charge is 0.331 e. The lowest BCUT2D eigenvalue weighted by Crippen LogP contribution is -2.42. The van der Waals surface area contributed by atoms with E-state index in [-0.39, 0.29) is 11.6 Å². The van der Waals surface area contributed by atoms with Crippen molar-refractivity contribution in [3.63, 3.8) is 0 Å². The van der Waals surface area contributed by atoms with Crippen molar-refractivity contribution < 1.29 is 14.3 Å². The van der Waals surface area contributed by atoms with Crippen LogP contribution in [0.15, 0.2) is 33.9 Å². The Morgan fingerprint density at radius 1 is 1.31 bits per heavy atom. The fraction of sp³-hybridized carbons (Fsp3) is 0.389. The first-order valence-electron chi connectivity index (χ1n) is 8.26. The standard InChI is InChI=1S/C18H21N3O5/c1-20-13(8-15(22)21(2)18(20)24)17(23)19-9-11-7-12-5-4-6-14(25-3)16(12)26-10-11/h4-6,8,11H,7,9-10H2,1-3H3,(H,19,23)/t11-/m0/s1. The second kappa shape index (κ2) is 7.07. The first kappa shape index (κ1) is 17.8. The van der Waals surface area contributed by atoms with Crippen molar-refractivity contribution in [2.75, 3.05) is 20.3 Å². The van der Waals surface area contributed by atoms with Gasteiger partial charge in [-0.25, -0.2) is 4.79 Å². The Morgan fingerprint density at radius 2 is 2.08 bits per heavy atom. The van der Waals surface area contributed by atoms with Crippen LogP contribution in [0.2, 0.25) is 0 Å². The molecule has 1 aliphatic heterocycles. The van der Waals surface area contributed by atoms with Crippen LogP contribution in [-0.4, -0.2) is 35.3 Å². The second-order valence-corrected chi connectivity index (χ2v) is 6.31. The summed E-state index contributed by atoms with van der Waals surface area (Å²) in [7, 11) is 4.43. The number of para-hydroxylation sites is 1. The molecule has 2 heterocycles. The third kappa shape index (κ3) is 3.22. The summed E-state index contributed by atoms with van der Waals surface area (Å²) in [6.07, 6.45) is 0.738. The van der Waals surface area contributed by atoms with E-state index in [0.717, 1.165) is 32.9 Å². The van der Waals surface area contributed by atoms with Crippen molar-refractivity contribution in [2.45, 2.75) is 6.42 Å². The van der Waals surface area contributed by atoms with Crippen LogP contribution >= 0.6 is 0 Å². The molecule has 3 rings (SSSR count). The van der Waals surface area contributed by atoms with E-state index in [0.29, 0.717) is 18.9 Å². The third-order valence-corrected chi connectivity index (χ3v) is 4.56. The number of amides is 1. The lowest BCUT2D eigenvalue weighted by Gasteiger charge is -2.26. The van der Waals surface area contributed by atoms with Crippen molar-refractivity contribution >= 4 is 5.91 Å². The zero-order valence-corrected chi connectivity index (χ0v) is 14.9. The topological polar surface area (TPSA) is 91.6 Å². The number of carbonyl (C=O) groups is 1. The van der Waals surface area contributed by atoms with Gasteiger partial charge in [0.25, 0.3) is 11.5 Å². The molecule has 2 aromatic rings. The van der Waals surface area contributed by atoms with Gasteiger partial charge in [-0.1, -0.05) is 12.1 Å². The first-order valence-corrected chi connectivity index (χ1v) is 8.26. The Hall–Kier alpha value is -3.03. The van der Waals surface area contributed by atoms with Gasteiger partial charge in [0.1, 0.15) is 5.69 Å². The molecule has 1 aromatic heterocycles. The second-order valence-electron chi connectivity index (χ2n) is 6.31. The van der Waals surface area contributed by atoms with E-state index in [1.165, 1.54) is 14.1 Å². The molecule has 1 atom stereocenters. The van der Waals surface area contributed by atoms with E-state index in [1.54, 1.807) is 7.11 Å². The van der Waals surface area contributed by atoms with Crippen LogP contribution < -0.4 is 26.0 Å². The number of hydrogen-bond donors (Lipinski definition) is 1. The number of fused-ring (bicyclic) bond motifs is 1. The molecule has 1 amide bonds. The molecule has 8 nitrogen and oxygen atoms in total. The van der Waals surface area contributed by atoms with Gasteiger partial charge >= 0.3 is 5.69 Å². The maximum atomic E-state index is 12.4. The summed E-state index contributed by atoms with van der Waals surface area (Å²) in [5.41, 5.74) is 0.0117. The molecule has 0 spiro atoms. The molecule has 0 aliphatic carbocycles. The number of aromatic nitrogens is 2. The zero-order valence-electron chi connectivity index (χ0n) is 14.9. The van der Waals surface area contributed by atoms with Crippen molar-refractivity contribution in [3.05, 3.63) is 56.4 Å². The molecule has 0 bridgehead atoms. The van der Waals surface area contributed by atoms with Crippen molar-refractivity contribution in [3.8, 4) is 11.5 Å². The van der Waals surface area contributed by atoms with E-state index < -0.39 is 17.2 Å². The fourth-order valence-electron chi connectivity index (χ4n) is 3.03. The number of nitrogens with zero attached hydrogens (tertiary/aromatic N) is 2. The van der Waals surface area contributed by atoms with E-state index in [9.17, 15) is 14.4 Å². The molecule has 0 saturated carbocycles. The highest BCUT2D eigenvalue weighted by molar-refractivity contribution is 5.92. The highest BCUT2D eigenvalue weighted by Gasteiger charge is 2.23. The van der Waals surface area contributed by atoms with Gasteiger partial charge in [-0.2, -0.15) is 0 Å². The molecule has 8 heteroatoms. The summed E-state index contributed by atoms with van der Waals surface area (Å²) in [5, 5.41) is 2.78. The average molecular weight is 359 g/mol. The molecule has 26 heavy (non-hydrogen) atoms. The monoisotopic (exact) mass is 359 g/mol. The summed E-state index contributed by atoms with van der Waals surface area (Å²) in [5.74, 6) is 1.06. The summed E-state index contributed by atoms with van der Waals surface area (Å²) in [4.78, 5) is 36.1. The predicted molar refractivity (Wildman–Crippen MR) is 94.9 cm³/mol. The van der Waals surface area contributed by atoms with Crippen molar-refractivity contribution in [1.82, 2.24) is 14.5 Å². The molecule has 138 valence electrons. The number of rotatable bonds is 4. The lowest BCUT2D eigenvalue weighted by molar-refractivity contribution is 0.0928. The molecule has 0 fully saturated rings. The van der Waals surface area contributed by atoms with E-state index >= 15 is 0 Å². The molecule has 0 saturated heterocycles. The Labute approximate surface area is 150 Å². The van der Waals surface area contributed by atoms with Crippen LogP contribution in [0.25, 0.3) is 0 Å². The van der Waals surface area contributed by atoms with Gasteiger partial charge in [0, 0.05) is 32.6 Å². The van der Waals surface area contributed by atoms with Crippen LogP contribution in [-0.2, 0) is 20.5 Å². The summed E-state index contributed by atoms with van der Waals surface area (Å²) in [6.45, 7) is 0.821. The summed E-state index contributed by atoms with van der Waals surface area (Å²) in [6, 6.07) is 6.87. The van der Waals surface area contributed by atoms with Gasteiger partial charge in [-0.15, -0.1) is 0 Å². The molecule has 1 aliphatic rings. The lowest BCUT2D eigenvalue weighted by atomic mass is 9.96. The number of benzene rings is 1. The van der Waals surface area contributed by atoms with Gasteiger partial charge in [0.05, 0.1) is 13.7 Å². The van der Waals surface area contributed by atoms with E-state index in [1.807, 2.05) is 18.2 Å². The molecule has 0 unspecified atom stereocenters. The van der Waals surface area contributed by atoms with Crippen LogP contribution in [0.1, 0.15) is 16.1 Å². The average Bonchev–Trinajstić information content (AvgIpc) is 2.66. The third-order valence-electron chi connectivity index (χ3n) is 4.56. The van der Waals surface area contributed by atoms with Crippen molar-refractivity contribution in [2.24, 2.45) is 20.0 Å². The van der Waals surface area contributed by atoms with Crippen LogP contribution in [0.5, 0.6) is 11.5 Å². The van der Waals surface area contributed by atoms with Gasteiger partial charge < -0.3 is 14.8 Å². The zero-order chi connectivity index (χ0) is 18.8. The highest BCUT2D eigenvalue weighted by Crippen LogP contribution is 2.35. The van der Waals surface area contributed by atoms with E-state index in [2.05, 4.69) is 5.32 Å². The molecular weight excluding hydrogens is 338 g/mol. The first-order chi connectivity index (χ1) is 12.4. The number of nitrogens with one attached hydrogen (secondary N) is 1. The number of methoxy groups -OCH3 is 1. The van der Waals surface area contributed by atoms with Gasteiger partial charge in [0.15, 0.2) is 11.5 Å². The normalized spacial score (nSPS) is 15.7. The minimum Gasteiger partial charge on any atom is -0.493 e. The number of ether oxygens (including phenoxy) is 2. The van der Waals surface area contributed by atoms with Crippen LogP contribution in [0.3, 0.4) is 0 Å². The Bertz CT molecular complexity index is 960. The fourth-order valence-corrected chi connectivity index (χ4v) is 3.03. The maximum Gasteiger partial charge on any atom is 0.331 e. The van der Waals surface area contributed by atoms with E-state index in [4.69, 9.17) is 9.47 Å². The van der Waals surface area contributed by atoms with Gasteiger partial charge in [-0.3, -0.25) is 18.7 Å². The van der Waals surface area contributed by atoms with Gasteiger partial charge in [0.2, 0.25) is 0 Å². The predicted octanol–water partition coefficient (Wildman–Crippen LogP) is 0.0737. The number of carbonyl (C=O) groups excluding carboxylic acids is 1. The highest BCUT2D eigenvalue weighted by atomic mass is 16.5. The van der Waals surface area contributed by atoms with Crippen LogP contribution in [0.4, 0.5) is 0 Å². The number of hydrogen-bond acceptors (Lipinski definition) is 5. The maximum absolute atomic E-state index is 12.4. The summed E-state index contributed by atoms with van der Waals surface area (Å²) >= 11 is 0. The molecule has 1 N–H and O–H groups in total. The molecule has 0 radical (unpaired) electrons. The largest absolute Gasteiger partial charge is 0.493 e. The van der Waals surface area contributed by atoms with Gasteiger partial charge in [-0.05, 0) is 18.1 Å². The minimum absolute atomic E-state index is 0.0388. The van der Waals surface area contributed by atoms with Crippen molar-refractivity contribution in [1.29, 1.82) is 0 Å². The molecule has 1 aromatic carbocycles. The molecular formula is C18H21N3O5. The quantitative estimate of drug-likeness (QED) is 0.834. The summed E-state index contributed by atoms with van der Waals surface area (Å²) < 4.78 is 13.2. The Morgan fingerprint density at radius 3 is 2.81 bits per heavy atom. The van der Waals surface area contributed by atoms with Crippen LogP contribution in [0, 0.1) is 5.92 Å². The Kier molecular flexibility index (Phi) is 4.83. The SMILES string of the molecule is COc1cccc2c1OC[C@H](CNC(=O)c1cc(=O)n(C)c(=O)n1C)C2. The Balaban J connectivity index is 1.70. The minimum atomic E-state index is -0.537.